The summed E-state index contributed by atoms with van der Waals surface area (Å²) in [6.07, 6.45) is 3.18. The Bertz CT molecular complexity index is 1090. The quantitative estimate of drug-likeness (QED) is 0.646. The van der Waals surface area contributed by atoms with Crippen molar-refractivity contribution >= 4 is 63.0 Å². The van der Waals surface area contributed by atoms with Gasteiger partial charge in [0.15, 0.2) is 0 Å². The number of cyclic esters (lactones) is 1. The van der Waals surface area contributed by atoms with Crippen molar-refractivity contribution < 1.29 is 14.3 Å². The molecule has 1 aromatic heterocycles. The highest BCUT2D eigenvalue weighted by molar-refractivity contribution is 7.19. The molecule has 1 fully saturated rings. The summed E-state index contributed by atoms with van der Waals surface area (Å²) in [7, 11) is 0. The van der Waals surface area contributed by atoms with E-state index < -0.39 is 6.09 Å². The highest BCUT2D eigenvalue weighted by atomic mass is 35.5. The Kier molecular flexibility index (Phi) is 5.51. The molecule has 29 heavy (non-hydrogen) atoms. The van der Waals surface area contributed by atoms with E-state index in [4.69, 9.17) is 16.3 Å². The maximum atomic E-state index is 12.2. The van der Waals surface area contributed by atoms with E-state index >= 15 is 0 Å². The van der Waals surface area contributed by atoms with Gasteiger partial charge in [-0.1, -0.05) is 29.8 Å². The van der Waals surface area contributed by atoms with Gasteiger partial charge in [-0.05, 0) is 42.0 Å². The van der Waals surface area contributed by atoms with E-state index in [9.17, 15) is 9.59 Å². The second-order valence-electron chi connectivity index (χ2n) is 6.64. The third-order valence-corrected chi connectivity index (χ3v) is 5.68. The van der Waals surface area contributed by atoms with Gasteiger partial charge in [0.1, 0.15) is 11.1 Å². The highest BCUT2D eigenvalue weighted by Gasteiger charge is 2.32. The maximum absolute atomic E-state index is 12.2. The van der Waals surface area contributed by atoms with Gasteiger partial charge in [0, 0.05) is 17.6 Å². The van der Waals surface area contributed by atoms with Crippen molar-refractivity contribution in [1.29, 1.82) is 0 Å². The van der Waals surface area contributed by atoms with E-state index in [0.717, 1.165) is 26.5 Å². The van der Waals surface area contributed by atoms with Crippen LogP contribution in [0.3, 0.4) is 0 Å². The number of hydrogen-bond donors (Lipinski definition) is 1. The molecular formula is C21H18ClN3O3S. The Hall–Kier alpha value is -2.90. The van der Waals surface area contributed by atoms with Crippen LogP contribution in [0.1, 0.15) is 17.5 Å². The summed E-state index contributed by atoms with van der Waals surface area (Å²) in [5.41, 5.74) is 2.67. The zero-order chi connectivity index (χ0) is 20.4. The molecule has 0 bridgehead atoms. The topological polar surface area (TPSA) is 71.5 Å². The van der Waals surface area contributed by atoms with Gasteiger partial charge in [-0.25, -0.2) is 9.78 Å². The highest BCUT2D eigenvalue weighted by Crippen LogP contribution is 2.30. The van der Waals surface area contributed by atoms with Crippen molar-refractivity contribution in [3.8, 4) is 0 Å². The molecule has 2 amide bonds. The largest absolute Gasteiger partial charge is 0.442 e. The Labute approximate surface area is 176 Å². The number of carbonyl (C=O) groups excluding carboxylic acids is 2. The molecule has 0 radical (unpaired) electrons. The van der Waals surface area contributed by atoms with Crippen molar-refractivity contribution in [2.75, 3.05) is 18.0 Å². The number of ether oxygens (including phenoxy) is 1. The number of fused-ring (bicyclic) bond motifs is 1. The number of thiazole rings is 1. The molecule has 3 aromatic rings. The molecule has 0 aliphatic carbocycles. The average molecular weight is 428 g/mol. The summed E-state index contributed by atoms with van der Waals surface area (Å²) in [6.45, 7) is 2.14. The molecule has 1 saturated heterocycles. The van der Waals surface area contributed by atoms with E-state index in [2.05, 4.69) is 10.3 Å². The molecule has 1 atom stereocenters. The van der Waals surface area contributed by atoms with Crippen molar-refractivity contribution in [3.63, 3.8) is 0 Å². The number of carbonyl (C=O) groups is 2. The summed E-state index contributed by atoms with van der Waals surface area (Å²) in [4.78, 5) is 29.5. The Morgan fingerprint density at radius 2 is 2.10 bits per heavy atom. The molecule has 0 unspecified atom stereocenters. The second-order valence-corrected chi connectivity index (χ2v) is 8.14. The summed E-state index contributed by atoms with van der Waals surface area (Å²) >= 11 is 7.46. The Morgan fingerprint density at radius 1 is 1.31 bits per heavy atom. The smallest absolute Gasteiger partial charge is 0.414 e. The zero-order valence-electron chi connectivity index (χ0n) is 15.6. The second kappa shape index (κ2) is 8.23. The standard InChI is InChI=1S/C21H18ClN3O3S/c1-13(26)23-11-17-12-25(21(27)28-17)16-7-8-18-19(10-16)29-20(24-18)9-4-14-2-5-15(22)6-3-14/h2-10,17H,11-12H2,1H3,(H,23,26)/b9-4+/t17-/m0/s1. The third-order valence-electron chi connectivity index (χ3n) is 4.44. The van der Waals surface area contributed by atoms with Crippen LogP contribution in [0, 0.1) is 0 Å². The molecule has 6 nitrogen and oxygen atoms in total. The number of hydrogen-bond acceptors (Lipinski definition) is 5. The lowest BCUT2D eigenvalue weighted by molar-refractivity contribution is -0.119. The molecule has 0 spiro atoms. The van der Waals surface area contributed by atoms with Gasteiger partial charge in [-0.15, -0.1) is 11.3 Å². The van der Waals surface area contributed by atoms with Crippen LogP contribution in [0.5, 0.6) is 0 Å². The minimum Gasteiger partial charge on any atom is -0.442 e. The van der Waals surface area contributed by atoms with Gasteiger partial charge >= 0.3 is 6.09 Å². The first kappa shape index (κ1) is 19.4. The van der Waals surface area contributed by atoms with Crippen molar-refractivity contribution in [2.24, 2.45) is 0 Å². The van der Waals surface area contributed by atoms with E-state index in [-0.39, 0.29) is 12.0 Å². The van der Waals surface area contributed by atoms with Gasteiger partial charge in [0.25, 0.3) is 0 Å². The maximum Gasteiger partial charge on any atom is 0.414 e. The molecule has 4 rings (SSSR count). The SMILES string of the molecule is CC(=O)NC[C@H]1CN(c2ccc3nc(/C=C/c4ccc(Cl)cc4)sc3c2)C(=O)O1. The van der Waals surface area contributed by atoms with Crippen LogP contribution < -0.4 is 10.2 Å². The minimum absolute atomic E-state index is 0.148. The van der Waals surface area contributed by atoms with Crippen molar-refractivity contribution in [1.82, 2.24) is 10.3 Å². The van der Waals surface area contributed by atoms with Gasteiger partial charge in [-0.2, -0.15) is 0 Å². The predicted octanol–water partition coefficient (Wildman–Crippen LogP) is 4.58. The van der Waals surface area contributed by atoms with E-state index in [1.807, 2.05) is 54.6 Å². The van der Waals surface area contributed by atoms with Crippen LogP contribution in [-0.2, 0) is 9.53 Å². The van der Waals surface area contributed by atoms with Crippen LogP contribution in [-0.4, -0.2) is 36.2 Å². The van der Waals surface area contributed by atoms with Gasteiger partial charge in [0.2, 0.25) is 5.91 Å². The zero-order valence-corrected chi connectivity index (χ0v) is 17.2. The number of halogens is 1. The first-order valence-electron chi connectivity index (χ1n) is 9.05. The summed E-state index contributed by atoms with van der Waals surface area (Å²) in [5.74, 6) is -0.148. The number of nitrogens with one attached hydrogen (secondary N) is 1. The van der Waals surface area contributed by atoms with Crippen LogP contribution in [0.25, 0.3) is 22.4 Å². The molecular weight excluding hydrogens is 410 g/mol. The van der Waals surface area contributed by atoms with Crippen LogP contribution in [0.2, 0.25) is 5.02 Å². The summed E-state index contributed by atoms with van der Waals surface area (Å²) in [5, 5.41) is 4.26. The number of anilines is 1. The molecule has 0 saturated carbocycles. The van der Waals surface area contributed by atoms with E-state index in [0.29, 0.717) is 18.1 Å². The van der Waals surface area contributed by atoms with Crippen LogP contribution >= 0.6 is 22.9 Å². The van der Waals surface area contributed by atoms with Crippen molar-refractivity contribution in [2.45, 2.75) is 13.0 Å². The molecule has 2 heterocycles. The van der Waals surface area contributed by atoms with Gasteiger partial charge < -0.3 is 10.1 Å². The Morgan fingerprint density at radius 3 is 2.86 bits per heavy atom. The number of nitrogens with zero attached hydrogens (tertiary/aromatic N) is 2. The molecule has 1 aliphatic rings. The monoisotopic (exact) mass is 427 g/mol. The molecule has 8 heteroatoms. The van der Waals surface area contributed by atoms with Crippen LogP contribution in [0.4, 0.5) is 10.5 Å². The number of amides is 2. The number of rotatable bonds is 5. The number of benzene rings is 2. The average Bonchev–Trinajstić information content (AvgIpc) is 3.28. The van der Waals surface area contributed by atoms with E-state index in [1.54, 1.807) is 16.2 Å². The Balaban J connectivity index is 1.50. The fourth-order valence-electron chi connectivity index (χ4n) is 3.01. The molecule has 148 valence electrons. The van der Waals surface area contributed by atoms with Gasteiger partial charge in [0.05, 0.1) is 23.3 Å². The lowest BCUT2D eigenvalue weighted by atomic mass is 10.2. The van der Waals surface area contributed by atoms with Crippen LogP contribution in [0.15, 0.2) is 42.5 Å². The molecule has 2 aromatic carbocycles. The summed E-state index contributed by atoms with van der Waals surface area (Å²) in [6, 6.07) is 13.3. The van der Waals surface area contributed by atoms with Crippen molar-refractivity contribution in [3.05, 3.63) is 58.1 Å². The molecule has 1 aliphatic heterocycles. The van der Waals surface area contributed by atoms with Gasteiger partial charge in [-0.3, -0.25) is 9.69 Å². The lowest BCUT2D eigenvalue weighted by Crippen LogP contribution is -2.33. The first-order valence-corrected chi connectivity index (χ1v) is 10.2. The fourth-order valence-corrected chi connectivity index (χ4v) is 4.04. The predicted molar refractivity (Wildman–Crippen MR) is 116 cm³/mol. The fraction of sp³-hybridized carbons (Fsp3) is 0.190. The summed E-state index contributed by atoms with van der Waals surface area (Å²) < 4.78 is 6.31. The minimum atomic E-state index is -0.410. The molecule has 1 N–H and O–H groups in total. The lowest BCUT2D eigenvalue weighted by Gasteiger charge is -2.12. The normalized spacial score (nSPS) is 16.6. The number of aromatic nitrogens is 1. The third kappa shape index (κ3) is 4.58. The van der Waals surface area contributed by atoms with E-state index in [1.165, 1.54) is 6.92 Å². The first-order chi connectivity index (χ1) is 14.0.